The number of aryl methyl sites for hydroxylation is 1. The minimum absolute atomic E-state index is 0.255. The molecule has 0 atom stereocenters. The number of fused-ring (bicyclic) bond motifs is 2. The molecular formula is C22H23NO3. The SMILES string of the molecule is O=C(O)c1ccc2cc(CCNCc3cccc4c3CCCC4)oc2c1. The molecule has 26 heavy (non-hydrogen) atoms. The second-order valence-electron chi connectivity index (χ2n) is 6.96. The highest BCUT2D eigenvalue weighted by Gasteiger charge is 2.12. The first-order valence-corrected chi connectivity index (χ1v) is 9.27. The molecule has 1 aliphatic rings. The van der Waals surface area contributed by atoms with Crippen LogP contribution in [-0.4, -0.2) is 17.6 Å². The molecule has 4 heteroatoms. The van der Waals surface area contributed by atoms with Crippen molar-refractivity contribution in [3.8, 4) is 0 Å². The third kappa shape index (κ3) is 3.51. The summed E-state index contributed by atoms with van der Waals surface area (Å²) < 4.78 is 5.80. The van der Waals surface area contributed by atoms with Gasteiger partial charge in [0.15, 0.2) is 0 Å². The summed E-state index contributed by atoms with van der Waals surface area (Å²) >= 11 is 0. The van der Waals surface area contributed by atoms with E-state index in [1.807, 2.05) is 6.07 Å². The van der Waals surface area contributed by atoms with Gasteiger partial charge in [-0.1, -0.05) is 24.3 Å². The smallest absolute Gasteiger partial charge is 0.335 e. The summed E-state index contributed by atoms with van der Waals surface area (Å²) in [6.45, 7) is 1.71. The predicted octanol–water partition coefficient (Wildman–Crippen LogP) is 4.34. The molecule has 0 saturated carbocycles. The molecule has 0 spiro atoms. The van der Waals surface area contributed by atoms with Gasteiger partial charge in [0.1, 0.15) is 11.3 Å². The number of nitrogens with one attached hydrogen (secondary N) is 1. The number of carboxylic acids is 1. The first kappa shape index (κ1) is 16.9. The molecular weight excluding hydrogens is 326 g/mol. The van der Waals surface area contributed by atoms with Crippen molar-refractivity contribution < 1.29 is 14.3 Å². The van der Waals surface area contributed by atoms with Crippen molar-refractivity contribution in [1.82, 2.24) is 5.32 Å². The summed E-state index contributed by atoms with van der Waals surface area (Å²) in [5, 5.41) is 13.5. The Morgan fingerprint density at radius 2 is 2.00 bits per heavy atom. The molecule has 1 aliphatic carbocycles. The predicted molar refractivity (Wildman–Crippen MR) is 102 cm³/mol. The van der Waals surface area contributed by atoms with Crippen molar-refractivity contribution in [2.24, 2.45) is 0 Å². The van der Waals surface area contributed by atoms with Crippen LogP contribution < -0.4 is 5.32 Å². The quantitative estimate of drug-likeness (QED) is 0.650. The van der Waals surface area contributed by atoms with Gasteiger partial charge in [0, 0.05) is 24.9 Å². The lowest BCUT2D eigenvalue weighted by molar-refractivity contribution is 0.0697. The monoisotopic (exact) mass is 349 g/mol. The lowest BCUT2D eigenvalue weighted by atomic mass is 9.88. The topological polar surface area (TPSA) is 62.5 Å². The van der Waals surface area contributed by atoms with Crippen LogP contribution in [0.2, 0.25) is 0 Å². The molecule has 0 amide bonds. The average Bonchev–Trinajstić information content (AvgIpc) is 3.07. The Bertz CT molecular complexity index is 942. The Hall–Kier alpha value is -2.59. The molecule has 134 valence electrons. The fourth-order valence-electron chi connectivity index (χ4n) is 3.80. The first-order chi connectivity index (χ1) is 12.7. The van der Waals surface area contributed by atoms with E-state index >= 15 is 0 Å². The molecule has 0 aliphatic heterocycles. The lowest BCUT2D eigenvalue weighted by Crippen LogP contribution is -2.18. The van der Waals surface area contributed by atoms with Crippen LogP contribution in [0.15, 0.2) is 46.9 Å². The highest BCUT2D eigenvalue weighted by molar-refractivity contribution is 5.92. The third-order valence-electron chi connectivity index (χ3n) is 5.17. The van der Waals surface area contributed by atoms with Crippen LogP contribution in [0, 0.1) is 0 Å². The average molecular weight is 349 g/mol. The van der Waals surface area contributed by atoms with Gasteiger partial charge in [-0.15, -0.1) is 0 Å². The maximum atomic E-state index is 11.0. The van der Waals surface area contributed by atoms with E-state index in [-0.39, 0.29) is 5.56 Å². The van der Waals surface area contributed by atoms with Gasteiger partial charge in [-0.2, -0.15) is 0 Å². The molecule has 0 bridgehead atoms. The molecule has 0 saturated heterocycles. The van der Waals surface area contributed by atoms with E-state index in [1.54, 1.807) is 18.2 Å². The Balaban J connectivity index is 1.36. The normalized spacial score (nSPS) is 13.7. The maximum absolute atomic E-state index is 11.0. The number of hydrogen-bond donors (Lipinski definition) is 2. The number of hydrogen-bond acceptors (Lipinski definition) is 3. The number of benzene rings is 2. The fraction of sp³-hybridized carbons (Fsp3) is 0.318. The van der Waals surface area contributed by atoms with Crippen molar-refractivity contribution in [2.75, 3.05) is 6.54 Å². The largest absolute Gasteiger partial charge is 0.478 e. The molecule has 1 aromatic heterocycles. The molecule has 1 heterocycles. The summed E-state index contributed by atoms with van der Waals surface area (Å²) in [5.41, 5.74) is 5.36. The molecule has 0 fully saturated rings. The summed E-state index contributed by atoms with van der Waals surface area (Å²) in [5.74, 6) is -0.0529. The van der Waals surface area contributed by atoms with Crippen molar-refractivity contribution in [3.63, 3.8) is 0 Å². The standard InChI is InChI=1S/C22H23NO3/c24-22(25)17-9-8-16-12-19(26-21(16)13-17)10-11-23-14-18-6-3-5-15-4-1-2-7-20(15)18/h3,5-6,8-9,12-13,23H,1-2,4,7,10-11,14H2,(H,24,25). The highest BCUT2D eigenvalue weighted by atomic mass is 16.4. The minimum atomic E-state index is -0.933. The first-order valence-electron chi connectivity index (χ1n) is 9.27. The molecule has 4 rings (SSSR count). The van der Waals surface area contributed by atoms with Gasteiger partial charge in [0.05, 0.1) is 5.56 Å². The van der Waals surface area contributed by atoms with Gasteiger partial charge in [0.2, 0.25) is 0 Å². The fourth-order valence-corrected chi connectivity index (χ4v) is 3.80. The highest BCUT2D eigenvalue weighted by Crippen LogP contribution is 2.24. The number of carbonyl (C=O) groups is 1. The molecule has 4 nitrogen and oxygen atoms in total. The van der Waals surface area contributed by atoms with Crippen LogP contribution >= 0.6 is 0 Å². The Kier molecular flexibility index (Phi) is 4.76. The maximum Gasteiger partial charge on any atom is 0.335 e. The molecule has 0 radical (unpaired) electrons. The van der Waals surface area contributed by atoms with Crippen molar-refractivity contribution in [3.05, 3.63) is 70.5 Å². The zero-order chi connectivity index (χ0) is 17.9. The number of furan rings is 1. The number of carboxylic acid groups (broad SMARTS) is 1. The van der Waals surface area contributed by atoms with Gasteiger partial charge >= 0.3 is 5.97 Å². The van der Waals surface area contributed by atoms with Crippen LogP contribution in [0.3, 0.4) is 0 Å². The second kappa shape index (κ2) is 7.34. The summed E-state index contributed by atoms with van der Waals surface area (Å²) in [4.78, 5) is 11.0. The zero-order valence-electron chi connectivity index (χ0n) is 14.8. The second-order valence-corrected chi connectivity index (χ2v) is 6.96. The van der Waals surface area contributed by atoms with E-state index in [1.165, 1.54) is 42.4 Å². The summed E-state index contributed by atoms with van der Waals surface area (Å²) in [6.07, 6.45) is 5.79. The van der Waals surface area contributed by atoms with Crippen molar-refractivity contribution in [2.45, 2.75) is 38.6 Å². The van der Waals surface area contributed by atoms with Crippen LogP contribution in [-0.2, 0) is 25.8 Å². The molecule has 2 aromatic carbocycles. The van der Waals surface area contributed by atoms with E-state index in [2.05, 4.69) is 23.5 Å². The van der Waals surface area contributed by atoms with E-state index < -0.39 is 5.97 Å². The zero-order valence-corrected chi connectivity index (χ0v) is 14.8. The van der Waals surface area contributed by atoms with Gasteiger partial charge in [-0.3, -0.25) is 0 Å². The van der Waals surface area contributed by atoms with Crippen LogP contribution in [0.25, 0.3) is 11.0 Å². The number of rotatable bonds is 6. The van der Waals surface area contributed by atoms with Crippen LogP contribution in [0.5, 0.6) is 0 Å². The van der Waals surface area contributed by atoms with E-state index in [0.29, 0.717) is 5.58 Å². The molecule has 3 aromatic rings. The van der Waals surface area contributed by atoms with Gasteiger partial charge < -0.3 is 14.8 Å². The third-order valence-corrected chi connectivity index (χ3v) is 5.17. The van der Waals surface area contributed by atoms with Gasteiger partial charge in [-0.05, 0) is 60.6 Å². The van der Waals surface area contributed by atoms with Gasteiger partial charge in [-0.25, -0.2) is 4.79 Å². The van der Waals surface area contributed by atoms with Crippen LogP contribution in [0.1, 0.15) is 45.7 Å². The lowest BCUT2D eigenvalue weighted by Gasteiger charge is -2.19. The van der Waals surface area contributed by atoms with Crippen molar-refractivity contribution >= 4 is 16.9 Å². The molecule has 2 N–H and O–H groups in total. The minimum Gasteiger partial charge on any atom is -0.478 e. The Labute approximate surface area is 152 Å². The summed E-state index contributed by atoms with van der Waals surface area (Å²) in [7, 11) is 0. The van der Waals surface area contributed by atoms with E-state index in [9.17, 15) is 4.79 Å². The van der Waals surface area contributed by atoms with E-state index in [0.717, 1.165) is 30.7 Å². The molecule has 0 unspecified atom stereocenters. The van der Waals surface area contributed by atoms with E-state index in [4.69, 9.17) is 9.52 Å². The number of aromatic carboxylic acids is 1. The summed E-state index contributed by atoms with van der Waals surface area (Å²) in [6, 6.07) is 13.7. The van der Waals surface area contributed by atoms with Gasteiger partial charge in [0.25, 0.3) is 0 Å². The Morgan fingerprint density at radius 1 is 1.12 bits per heavy atom. The van der Waals surface area contributed by atoms with Crippen LogP contribution in [0.4, 0.5) is 0 Å². The Morgan fingerprint density at radius 3 is 2.88 bits per heavy atom. The van der Waals surface area contributed by atoms with Crippen molar-refractivity contribution in [1.29, 1.82) is 0 Å².